The number of amides is 1. The fourth-order valence-corrected chi connectivity index (χ4v) is 3.62. The van der Waals surface area contributed by atoms with Crippen LogP contribution in [-0.2, 0) is 9.59 Å². The summed E-state index contributed by atoms with van der Waals surface area (Å²) >= 11 is 0. The summed E-state index contributed by atoms with van der Waals surface area (Å²) in [6, 6.07) is 13.8. The van der Waals surface area contributed by atoms with E-state index in [1.165, 1.54) is 0 Å². The lowest BCUT2D eigenvalue weighted by Gasteiger charge is -2.27. The Balaban J connectivity index is 2.11. The van der Waals surface area contributed by atoms with Crippen molar-refractivity contribution in [1.29, 1.82) is 0 Å². The second-order valence-corrected chi connectivity index (χ2v) is 8.01. The molecule has 0 saturated carbocycles. The Morgan fingerprint density at radius 2 is 1.61 bits per heavy atom. The molecule has 3 rings (SSSR count). The zero-order valence-corrected chi connectivity index (χ0v) is 18.6. The molecule has 1 N–H and O–H groups in total. The number of ketones is 1. The van der Waals surface area contributed by atoms with Crippen LogP contribution in [0.4, 0.5) is 5.69 Å². The van der Waals surface area contributed by atoms with Crippen molar-refractivity contribution in [3.05, 3.63) is 65.2 Å². The maximum absolute atomic E-state index is 13.0. The van der Waals surface area contributed by atoms with E-state index >= 15 is 0 Å². The van der Waals surface area contributed by atoms with Crippen LogP contribution in [0.5, 0.6) is 5.75 Å². The van der Waals surface area contributed by atoms with Crippen molar-refractivity contribution >= 4 is 23.1 Å². The Kier molecular flexibility index (Phi) is 6.65. The Labute approximate surface area is 183 Å². The number of likely N-dealkylation sites (tertiary alicyclic amines) is 1. The largest absolute Gasteiger partial charge is 0.507 e. The molecule has 1 aliphatic rings. The van der Waals surface area contributed by atoms with E-state index in [1.54, 1.807) is 36.3 Å². The molecule has 1 aliphatic heterocycles. The van der Waals surface area contributed by atoms with Gasteiger partial charge in [-0.15, -0.1) is 0 Å². The number of hydrogen-bond acceptors (Lipinski definition) is 6. The molecule has 7 heteroatoms. The van der Waals surface area contributed by atoms with Crippen LogP contribution in [0, 0.1) is 0 Å². The summed E-state index contributed by atoms with van der Waals surface area (Å²) in [7, 11) is 9.27. The van der Waals surface area contributed by atoms with Crippen LogP contribution in [0.2, 0.25) is 0 Å². The van der Waals surface area contributed by atoms with E-state index in [4.69, 9.17) is 4.74 Å². The maximum Gasteiger partial charge on any atom is 0.295 e. The number of benzene rings is 2. The third kappa shape index (κ3) is 4.56. The topological polar surface area (TPSA) is 73.3 Å². The van der Waals surface area contributed by atoms with E-state index in [-0.39, 0.29) is 11.3 Å². The molecular formula is C24H29N3O4. The lowest BCUT2D eigenvalue weighted by atomic mass is 9.95. The molecule has 0 spiro atoms. The van der Waals surface area contributed by atoms with E-state index in [2.05, 4.69) is 0 Å². The first-order chi connectivity index (χ1) is 14.7. The molecule has 1 saturated heterocycles. The first kappa shape index (κ1) is 22.4. The normalized spacial score (nSPS) is 18.0. The predicted molar refractivity (Wildman–Crippen MR) is 121 cm³/mol. The van der Waals surface area contributed by atoms with Gasteiger partial charge in [-0.1, -0.05) is 12.1 Å². The molecule has 0 bridgehead atoms. The van der Waals surface area contributed by atoms with Gasteiger partial charge in [-0.05, 0) is 56.1 Å². The van der Waals surface area contributed by atoms with Crippen LogP contribution in [0.25, 0.3) is 5.76 Å². The summed E-state index contributed by atoms with van der Waals surface area (Å²) < 4.78 is 5.17. The Morgan fingerprint density at radius 1 is 1.00 bits per heavy atom. The Hall–Kier alpha value is -3.32. The monoisotopic (exact) mass is 423 g/mol. The lowest BCUT2D eigenvalue weighted by molar-refractivity contribution is -0.140. The molecule has 2 aromatic rings. The van der Waals surface area contributed by atoms with Crippen LogP contribution in [0.15, 0.2) is 54.1 Å². The van der Waals surface area contributed by atoms with Gasteiger partial charge >= 0.3 is 0 Å². The summed E-state index contributed by atoms with van der Waals surface area (Å²) in [4.78, 5) is 31.4. The predicted octanol–water partition coefficient (Wildman–Crippen LogP) is 2.74. The zero-order valence-electron chi connectivity index (χ0n) is 18.6. The number of anilines is 1. The lowest BCUT2D eigenvalue weighted by Crippen LogP contribution is -2.35. The van der Waals surface area contributed by atoms with Crippen LogP contribution in [0.1, 0.15) is 17.2 Å². The zero-order chi connectivity index (χ0) is 22.7. The van der Waals surface area contributed by atoms with Crippen molar-refractivity contribution in [3.63, 3.8) is 0 Å². The molecule has 0 radical (unpaired) electrons. The van der Waals surface area contributed by atoms with Crippen molar-refractivity contribution in [2.75, 3.05) is 53.3 Å². The second-order valence-electron chi connectivity index (χ2n) is 8.01. The highest BCUT2D eigenvalue weighted by molar-refractivity contribution is 6.46. The summed E-state index contributed by atoms with van der Waals surface area (Å²) in [5.41, 5.74) is 2.34. The second kappa shape index (κ2) is 9.22. The van der Waals surface area contributed by atoms with Crippen LogP contribution >= 0.6 is 0 Å². The highest BCUT2D eigenvalue weighted by Gasteiger charge is 2.45. The average molecular weight is 424 g/mol. The van der Waals surface area contributed by atoms with E-state index in [9.17, 15) is 14.7 Å². The van der Waals surface area contributed by atoms with Gasteiger partial charge in [0.25, 0.3) is 11.7 Å². The Bertz CT molecular complexity index is 979. The number of likely N-dealkylation sites (N-methyl/N-ethyl adjacent to an activating group) is 1. The smallest absolute Gasteiger partial charge is 0.295 e. The van der Waals surface area contributed by atoms with Gasteiger partial charge in [0.1, 0.15) is 11.5 Å². The van der Waals surface area contributed by atoms with Crippen molar-refractivity contribution in [3.8, 4) is 5.75 Å². The number of ether oxygens (including phenoxy) is 1. The molecule has 1 amide bonds. The van der Waals surface area contributed by atoms with Crippen LogP contribution in [0.3, 0.4) is 0 Å². The molecule has 2 aromatic carbocycles. The molecule has 7 nitrogen and oxygen atoms in total. The number of nitrogens with zero attached hydrogens (tertiary/aromatic N) is 3. The van der Waals surface area contributed by atoms with Crippen LogP contribution in [-0.4, -0.2) is 75.0 Å². The molecular weight excluding hydrogens is 394 g/mol. The highest BCUT2D eigenvalue weighted by Crippen LogP contribution is 2.39. The molecule has 1 atom stereocenters. The van der Waals surface area contributed by atoms with E-state index < -0.39 is 17.7 Å². The fraction of sp³-hybridized carbons (Fsp3) is 0.333. The molecule has 164 valence electrons. The minimum Gasteiger partial charge on any atom is -0.507 e. The number of Topliss-reactive ketones (excluding diaryl/α,β-unsaturated/α-hetero) is 1. The van der Waals surface area contributed by atoms with Crippen molar-refractivity contribution in [2.24, 2.45) is 0 Å². The first-order valence-corrected chi connectivity index (χ1v) is 10.1. The summed E-state index contributed by atoms with van der Waals surface area (Å²) in [5.74, 6) is -0.818. The number of rotatable bonds is 7. The Morgan fingerprint density at radius 3 is 2.13 bits per heavy atom. The van der Waals surface area contributed by atoms with Gasteiger partial charge in [-0.3, -0.25) is 9.59 Å². The number of hydrogen-bond donors (Lipinski definition) is 1. The van der Waals surface area contributed by atoms with Crippen molar-refractivity contribution in [2.45, 2.75) is 6.04 Å². The SMILES string of the molecule is COc1ccc(C(O)=C2C(=O)C(=O)N(CCN(C)C)[C@@H]2c2ccc(N(C)C)cc2)cc1. The van der Waals surface area contributed by atoms with Crippen molar-refractivity contribution < 1.29 is 19.4 Å². The summed E-state index contributed by atoms with van der Waals surface area (Å²) in [6.07, 6.45) is 0. The van der Waals surface area contributed by atoms with Crippen LogP contribution < -0.4 is 9.64 Å². The highest BCUT2D eigenvalue weighted by atomic mass is 16.5. The molecule has 1 heterocycles. The minimum atomic E-state index is -0.672. The number of carbonyl (C=O) groups is 2. The van der Waals surface area contributed by atoms with Gasteiger partial charge in [-0.25, -0.2) is 0 Å². The van der Waals surface area contributed by atoms with E-state index in [0.29, 0.717) is 24.4 Å². The number of carbonyl (C=O) groups excluding carboxylic acids is 2. The maximum atomic E-state index is 13.0. The van der Waals surface area contributed by atoms with Gasteiger partial charge in [0, 0.05) is 38.4 Å². The quantitative estimate of drug-likeness (QED) is 0.419. The minimum absolute atomic E-state index is 0.103. The third-order valence-electron chi connectivity index (χ3n) is 5.42. The van der Waals surface area contributed by atoms with Gasteiger partial charge in [0.05, 0.1) is 18.7 Å². The number of methoxy groups -OCH3 is 1. The average Bonchev–Trinajstić information content (AvgIpc) is 3.02. The summed E-state index contributed by atoms with van der Waals surface area (Å²) in [6.45, 7) is 0.971. The van der Waals surface area contributed by atoms with E-state index in [1.807, 2.05) is 62.3 Å². The summed E-state index contributed by atoms with van der Waals surface area (Å²) in [5, 5.41) is 11.1. The molecule has 31 heavy (non-hydrogen) atoms. The number of aliphatic hydroxyl groups is 1. The van der Waals surface area contributed by atoms with Gasteiger partial charge in [-0.2, -0.15) is 0 Å². The molecule has 0 aliphatic carbocycles. The fourth-order valence-electron chi connectivity index (χ4n) is 3.62. The van der Waals surface area contributed by atoms with Gasteiger partial charge in [0.15, 0.2) is 0 Å². The number of aliphatic hydroxyl groups excluding tert-OH is 1. The molecule has 0 unspecified atom stereocenters. The van der Waals surface area contributed by atoms with Gasteiger partial charge in [0.2, 0.25) is 0 Å². The third-order valence-corrected chi connectivity index (χ3v) is 5.42. The standard InChI is InChI=1S/C24H29N3O4/c1-25(2)14-15-27-21(16-6-10-18(11-7-16)26(3)4)20(23(29)24(27)30)22(28)17-8-12-19(31-5)13-9-17/h6-13,21,28H,14-15H2,1-5H3/t21-/m1/s1. The van der Waals surface area contributed by atoms with Gasteiger partial charge < -0.3 is 24.5 Å². The first-order valence-electron chi connectivity index (χ1n) is 10.1. The van der Waals surface area contributed by atoms with Crippen molar-refractivity contribution in [1.82, 2.24) is 9.80 Å². The molecule has 1 fully saturated rings. The van der Waals surface area contributed by atoms with E-state index in [0.717, 1.165) is 11.3 Å². The molecule has 0 aromatic heterocycles.